The largest absolute Gasteiger partial charge is 0.469 e. The van der Waals surface area contributed by atoms with Gasteiger partial charge >= 0.3 is 18.1 Å². The van der Waals surface area contributed by atoms with Crippen molar-refractivity contribution in [2.45, 2.75) is 12.6 Å². The Bertz CT molecular complexity index is 1240. The van der Waals surface area contributed by atoms with E-state index in [1.165, 1.54) is 25.3 Å². The first-order valence-electron chi connectivity index (χ1n) is 17.3. The Balaban J connectivity index is 1.30. The number of para-hydroxylation sites is 1. The zero-order chi connectivity index (χ0) is 38.2. The minimum atomic E-state index is -4.48. The summed E-state index contributed by atoms with van der Waals surface area (Å²) in [5.41, 5.74) is -0.106. The fourth-order valence-corrected chi connectivity index (χ4v) is 4.09. The Morgan fingerprint density at radius 1 is 0.547 bits per heavy atom. The smallest absolute Gasteiger partial charge is 0.416 e. The molecule has 0 aliphatic heterocycles. The van der Waals surface area contributed by atoms with E-state index in [1.54, 1.807) is 18.2 Å². The third-order valence-electron chi connectivity index (χ3n) is 6.73. The van der Waals surface area contributed by atoms with Crippen LogP contribution in [-0.4, -0.2) is 145 Å². The van der Waals surface area contributed by atoms with E-state index in [-0.39, 0.29) is 36.9 Å². The zero-order valence-corrected chi connectivity index (χ0v) is 30.2. The first-order valence-corrected chi connectivity index (χ1v) is 17.3. The fraction of sp³-hybridized carbons (Fsp3) is 0.611. The zero-order valence-electron chi connectivity index (χ0n) is 30.2. The second-order valence-electron chi connectivity index (χ2n) is 10.7. The molecule has 0 heterocycles. The SMILES string of the molecule is COC(=O)CCOCCOCCOCCOCCOCCOCCOCCOCCOCCOC(=O)c1ccccc1Nc1cccc(C(F)(F)F)c1. The molecule has 2 aromatic rings. The van der Waals surface area contributed by atoms with Gasteiger partial charge in [0.05, 0.1) is 149 Å². The molecule has 1 N–H and O–H groups in total. The van der Waals surface area contributed by atoms with E-state index < -0.39 is 17.7 Å². The van der Waals surface area contributed by atoms with Crippen LogP contribution in [0.15, 0.2) is 48.5 Å². The van der Waals surface area contributed by atoms with Crippen LogP contribution < -0.4 is 5.32 Å². The maximum atomic E-state index is 13.0. The van der Waals surface area contributed by atoms with Crippen LogP contribution in [0.2, 0.25) is 0 Å². The van der Waals surface area contributed by atoms with E-state index in [4.69, 9.17) is 47.4 Å². The molecule has 0 spiro atoms. The number of carbonyl (C=O) groups is 2. The van der Waals surface area contributed by atoms with Crippen LogP contribution in [0.3, 0.4) is 0 Å². The van der Waals surface area contributed by atoms with E-state index in [1.807, 2.05) is 0 Å². The molecule has 0 atom stereocenters. The highest BCUT2D eigenvalue weighted by atomic mass is 19.4. The monoisotopic (exact) mass is 763 g/mol. The summed E-state index contributed by atoms with van der Waals surface area (Å²) in [7, 11) is 1.34. The lowest BCUT2D eigenvalue weighted by Gasteiger charge is -2.13. The molecule has 0 saturated heterocycles. The van der Waals surface area contributed by atoms with Crippen molar-refractivity contribution in [2.75, 3.05) is 138 Å². The van der Waals surface area contributed by atoms with Crippen molar-refractivity contribution < 1.29 is 74.9 Å². The predicted octanol–water partition coefficient (Wildman–Crippen LogP) is 4.32. The Hall–Kier alpha value is -3.39. The van der Waals surface area contributed by atoms with Gasteiger partial charge in [0.25, 0.3) is 0 Å². The van der Waals surface area contributed by atoms with Crippen LogP contribution in [0, 0.1) is 0 Å². The number of carbonyl (C=O) groups excluding carboxylic acids is 2. The van der Waals surface area contributed by atoms with Crippen LogP contribution in [0.4, 0.5) is 24.5 Å². The van der Waals surface area contributed by atoms with Gasteiger partial charge in [0.2, 0.25) is 0 Å². The molecule has 0 radical (unpaired) electrons. The third-order valence-corrected chi connectivity index (χ3v) is 6.73. The lowest BCUT2D eigenvalue weighted by Crippen LogP contribution is -2.16. The Morgan fingerprint density at radius 2 is 0.962 bits per heavy atom. The minimum Gasteiger partial charge on any atom is -0.469 e. The number of methoxy groups -OCH3 is 1. The summed E-state index contributed by atoms with van der Waals surface area (Å²) >= 11 is 0. The number of hydrogen-bond donors (Lipinski definition) is 1. The van der Waals surface area contributed by atoms with Crippen molar-refractivity contribution in [2.24, 2.45) is 0 Å². The summed E-state index contributed by atoms with van der Waals surface area (Å²) in [4.78, 5) is 23.5. The number of esters is 2. The summed E-state index contributed by atoms with van der Waals surface area (Å²) < 4.78 is 97.6. The van der Waals surface area contributed by atoms with Gasteiger partial charge in [0, 0.05) is 5.69 Å². The van der Waals surface area contributed by atoms with Crippen LogP contribution in [-0.2, 0) is 63.1 Å². The molecule has 0 saturated carbocycles. The molecule has 53 heavy (non-hydrogen) atoms. The minimum absolute atomic E-state index is 0.00667. The van der Waals surface area contributed by atoms with Crippen LogP contribution >= 0.6 is 0 Å². The Morgan fingerprint density at radius 3 is 1.40 bits per heavy atom. The summed E-state index contributed by atoms with van der Waals surface area (Å²) in [6.07, 6.45) is -4.25. The average Bonchev–Trinajstić information content (AvgIpc) is 3.15. The first kappa shape index (κ1) is 45.8. The van der Waals surface area contributed by atoms with E-state index in [2.05, 4.69) is 10.1 Å². The van der Waals surface area contributed by atoms with Gasteiger partial charge in [0.1, 0.15) is 6.61 Å². The summed E-state index contributed by atoms with van der Waals surface area (Å²) in [5, 5.41) is 2.85. The molecule has 300 valence electrons. The molecule has 0 aliphatic carbocycles. The van der Waals surface area contributed by atoms with E-state index in [0.717, 1.165) is 12.1 Å². The van der Waals surface area contributed by atoms with Crippen LogP contribution in [0.5, 0.6) is 0 Å². The van der Waals surface area contributed by atoms with Crippen molar-refractivity contribution in [1.82, 2.24) is 0 Å². The molecule has 2 rings (SSSR count). The van der Waals surface area contributed by atoms with Gasteiger partial charge < -0.3 is 57.4 Å². The predicted molar refractivity (Wildman–Crippen MR) is 185 cm³/mol. The summed E-state index contributed by atoms with van der Waals surface area (Å²) in [5.74, 6) is -0.935. The quantitative estimate of drug-likeness (QED) is 0.0813. The highest BCUT2D eigenvalue weighted by Crippen LogP contribution is 2.32. The third kappa shape index (κ3) is 23.8. The highest BCUT2D eigenvalue weighted by molar-refractivity contribution is 5.96. The molecule has 0 unspecified atom stereocenters. The lowest BCUT2D eigenvalue weighted by molar-refractivity contribution is -0.142. The molecule has 14 nitrogen and oxygen atoms in total. The number of benzene rings is 2. The van der Waals surface area contributed by atoms with Gasteiger partial charge in [-0.2, -0.15) is 13.2 Å². The molecule has 0 aromatic heterocycles. The van der Waals surface area contributed by atoms with Gasteiger partial charge in [-0.15, -0.1) is 0 Å². The number of rotatable bonds is 33. The number of ether oxygens (including phenoxy) is 11. The van der Waals surface area contributed by atoms with Gasteiger partial charge in [0.15, 0.2) is 0 Å². The van der Waals surface area contributed by atoms with E-state index in [9.17, 15) is 22.8 Å². The summed E-state index contributed by atoms with van der Waals surface area (Å²) in [6.45, 7) is 7.14. The number of anilines is 2. The molecular formula is C36H52F3NO13. The fourth-order valence-electron chi connectivity index (χ4n) is 4.09. The van der Waals surface area contributed by atoms with E-state index >= 15 is 0 Å². The maximum absolute atomic E-state index is 13.0. The topological polar surface area (TPSA) is 148 Å². The van der Waals surface area contributed by atoms with Crippen molar-refractivity contribution >= 4 is 23.3 Å². The number of hydrogen-bond acceptors (Lipinski definition) is 14. The standard InChI is InChI=1S/C36H52F3NO13/c1-43-34(41)9-10-44-11-12-45-13-14-46-15-16-47-17-18-48-19-20-49-21-22-50-23-24-51-25-26-52-27-28-53-35(42)32-7-2-3-8-33(32)40-31-6-4-5-30(29-31)36(37,38)39/h2-8,29,40H,9-28H2,1H3. The maximum Gasteiger partial charge on any atom is 0.416 e. The first-order chi connectivity index (χ1) is 25.8. The van der Waals surface area contributed by atoms with Gasteiger partial charge in [-0.1, -0.05) is 18.2 Å². The van der Waals surface area contributed by atoms with Gasteiger partial charge in [-0.3, -0.25) is 4.79 Å². The number of alkyl halides is 3. The molecule has 2 aromatic carbocycles. The van der Waals surface area contributed by atoms with Crippen molar-refractivity contribution in [3.8, 4) is 0 Å². The second-order valence-corrected chi connectivity index (χ2v) is 10.7. The lowest BCUT2D eigenvalue weighted by atomic mass is 10.1. The Labute approximate surface area is 308 Å². The number of halogens is 3. The molecule has 17 heteroatoms. The van der Waals surface area contributed by atoms with Crippen LogP contribution in [0.1, 0.15) is 22.3 Å². The van der Waals surface area contributed by atoms with Crippen molar-refractivity contribution in [3.63, 3.8) is 0 Å². The molecule has 0 amide bonds. The second kappa shape index (κ2) is 30.0. The van der Waals surface area contributed by atoms with Crippen molar-refractivity contribution in [1.29, 1.82) is 0 Å². The molecule has 0 fully saturated rings. The summed E-state index contributed by atoms with van der Waals surface area (Å²) in [6, 6.07) is 11.1. The van der Waals surface area contributed by atoms with Crippen molar-refractivity contribution in [3.05, 3.63) is 59.7 Å². The van der Waals surface area contributed by atoms with Crippen LogP contribution in [0.25, 0.3) is 0 Å². The van der Waals surface area contributed by atoms with Gasteiger partial charge in [-0.25, -0.2) is 4.79 Å². The highest BCUT2D eigenvalue weighted by Gasteiger charge is 2.30. The van der Waals surface area contributed by atoms with E-state index in [0.29, 0.717) is 118 Å². The number of nitrogens with one attached hydrogen (secondary N) is 1. The molecule has 0 aliphatic rings. The molecule has 0 bridgehead atoms. The molecular weight excluding hydrogens is 711 g/mol. The normalized spacial score (nSPS) is 11.5. The average molecular weight is 764 g/mol. The Kier molecular flexibility index (Phi) is 25.9. The van der Waals surface area contributed by atoms with Gasteiger partial charge in [-0.05, 0) is 30.3 Å².